The van der Waals surface area contributed by atoms with E-state index in [1.807, 2.05) is 13.8 Å². The summed E-state index contributed by atoms with van der Waals surface area (Å²) in [4.78, 5) is 112. The second-order valence-corrected chi connectivity index (χ2v) is 15.3. The first kappa shape index (κ1) is 49.4. The molecule has 58 heavy (non-hydrogen) atoms. The molecule has 22 heteroatoms. The zero-order valence-corrected chi connectivity index (χ0v) is 34.5. The molecule has 0 radical (unpaired) electrons. The minimum absolute atomic E-state index is 0.0412. The van der Waals surface area contributed by atoms with Crippen LogP contribution in [0.1, 0.15) is 71.9 Å². The number of nitrogens with two attached hydrogens (primary N) is 3. The first-order valence-corrected chi connectivity index (χ1v) is 20.5. The predicted octanol–water partition coefficient (Wildman–Crippen LogP) is -4.27. The lowest BCUT2D eigenvalue weighted by Crippen LogP contribution is -2.60. The number of thiazole rings is 1. The third-order valence-electron chi connectivity index (χ3n) is 9.28. The van der Waals surface area contributed by atoms with Gasteiger partial charge < -0.3 is 64.8 Å². The first-order chi connectivity index (χ1) is 27.5. The van der Waals surface area contributed by atoms with Gasteiger partial charge in [0.05, 0.1) is 23.9 Å². The van der Waals surface area contributed by atoms with E-state index in [-0.39, 0.29) is 64.2 Å². The molecule has 1 saturated heterocycles. The van der Waals surface area contributed by atoms with Gasteiger partial charge in [-0.1, -0.05) is 20.8 Å². The van der Waals surface area contributed by atoms with Gasteiger partial charge in [-0.05, 0) is 71.0 Å². The molecule has 0 spiro atoms. The number of hydrogen-bond acceptors (Lipinski definition) is 14. The van der Waals surface area contributed by atoms with Crippen molar-refractivity contribution < 1.29 is 43.5 Å². The molecule has 0 bridgehead atoms. The fourth-order valence-corrected chi connectivity index (χ4v) is 6.61. The Kier molecular flexibility index (Phi) is 21.8. The number of aliphatic hydroxyl groups excluding tert-OH is 1. The van der Waals surface area contributed by atoms with Crippen LogP contribution in [-0.2, 0) is 44.8 Å². The normalized spacial score (nSPS) is 24.9. The van der Waals surface area contributed by atoms with Crippen LogP contribution < -0.4 is 59.7 Å². The molecule has 326 valence electrons. The highest BCUT2D eigenvalue weighted by molar-refractivity contribution is 7.07. The standard InChI is InChI=1S/C36H62N12O9S/c1-5-21(15-22-17-58-18-42-22)30(51)44-26-9-13-40-36(57)29(20(4)49)48-34(55)25(8-12-39)46-32(53)24(7-11-38)47-35(56)27(14-19(2)3)43-28(50)16-41-31(52)23(6-10-37)45-33(26)54/h17-21,23-27,29,49H,5-16,37-39H2,1-4H3,(H,40,57)(H,41,52)(H,43,50)(H,44,51)(H,45,54)(H,46,53)(H,47,56)(H,48,55)/t20-,21+,23+,24+,25+,26?,27+,29+/m1/s1. The number of aromatic nitrogens is 1. The molecule has 0 aromatic carbocycles. The number of rotatable bonds is 14. The van der Waals surface area contributed by atoms with Gasteiger partial charge in [0.1, 0.15) is 36.3 Å². The van der Waals surface area contributed by atoms with E-state index in [1.54, 1.807) is 17.8 Å². The molecule has 1 unspecified atom stereocenters. The molecular formula is C36H62N12O9S. The van der Waals surface area contributed by atoms with E-state index in [0.717, 1.165) is 0 Å². The summed E-state index contributed by atoms with van der Waals surface area (Å²) in [5, 5.41) is 32.8. The van der Waals surface area contributed by atoms with Gasteiger partial charge in [-0.2, -0.15) is 0 Å². The van der Waals surface area contributed by atoms with Gasteiger partial charge in [-0.15, -0.1) is 11.3 Å². The molecule has 1 fully saturated rings. The van der Waals surface area contributed by atoms with Crippen LogP contribution >= 0.6 is 11.3 Å². The molecule has 8 amide bonds. The lowest BCUT2D eigenvalue weighted by atomic mass is 9.99. The number of aliphatic hydroxyl groups is 1. The van der Waals surface area contributed by atoms with Crippen LogP contribution in [0.5, 0.6) is 0 Å². The van der Waals surface area contributed by atoms with E-state index >= 15 is 0 Å². The summed E-state index contributed by atoms with van der Waals surface area (Å²) in [7, 11) is 0. The average Bonchev–Trinajstić information content (AvgIpc) is 3.69. The van der Waals surface area contributed by atoms with Crippen molar-refractivity contribution in [1.29, 1.82) is 0 Å². The zero-order chi connectivity index (χ0) is 43.4. The largest absolute Gasteiger partial charge is 0.391 e. The molecule has 15 N–H and O–H groups in total. The molecule has 1 aromatic rings. The Morgan fingerprint density at radius 2 is 1.34 bits per heavy atom. The van der Waals surface area contributed by atoms with Gasteiger partial charge in [0.25, 0.3) is 0 Å². The molecule has 0 saturated carbocycles. The number of carbonyl (C=O) groups excluding carboxylic acids is 8. The van der Waals surface area contributed by atoms with Crippen molar-refractivity contribution in [3.63, 3.8) is 0 Å². The molecule has 21 nitrogen and oxygen atoms in total. The summed E-state index contributed by atoms with van der Waals surface area (Å²) in [5.74, 6) is -6.70. The predicted molar refractivity (Wildman–Crippen MR) is 214 cm³/mol. The molecule has 2 rings (SSSR count). The van der Waals surface area contributed by atoms with Crippen LogP contribution in [0.2, 0.25) is 0 Å². The third-order valence-corrected chi connectivity index (χ3v) is 9.91. The Bertz CT molecular complexity index is 1530. The molecule has 0 aliphatic carbocycles. The van der Waals surface area contributed by atoms with E-state index in [9.17, 15) is 43.5 Å². The number of carbonyl (C=O) groups is 8. The van der Waals surface area contributed by atoms with Gasteiger partial charge in [-0.3, -0.25) is 38.4 Å². The fourth-order valence-electron chi connectivity index (χ4n) is 6.04. The number of amides is 8. The van der Waals surface area contributed by atoms with Crippen LogP contribution in [-0.4, -0.2) is 132 Å². The first-order valence-electron chi connectivity index (χ1n) is 19.6. The fraction of sp³-hybridized carbons (Fsp3) is 0.694. The van der Waals surface area contributed by atoms with Crippen LogP contribution in [0.4, 0.5) is 0 Å². The lowest BCUT2D eigenvalue weighted by molar-refractivity contribution is -0.135. The quantitative estimate of drug-likeness (QED) is 0.0846. The maximum atomic E-state index is 13.8. The van der Waals surface area contributed by atoms with Gasteiger partial charge in [-0.25, -0.2) is 4.98 Å². The average molecular weight is 839 g/mol. The lowest BCUT2D eigenvalue weighted by Gasteiger charge is -2.27. The van der Waals surface area contributed by atoms with Crippen molar-refractivity contribution in [2.45, 2.75) is 115 Å². The summed E-state index contributed by atoms with van der Waals surface area (Å²) in [6.45, 7) is 5.70. The summed E-state index contributed by atoms with van der Waals surface area (Å²) in [6, 6.07) is -7.79. The Balaban J connectivity index is 2.51. The summed E-state index contributed by atoms with van der Waals surface area (Å²) in [6.07, 6.45) is -0.969. The second-order valence-electron chi connectivity index (χ2n) is 14.5. The van der Waals surface area contributed by atoms with Crippen molar-refractivity contribution in [1.82, 2.24) is 47.5 Å². The number of hydrogen-bond donors (Lipinski definition) is 12. The molecule has 1 aromatic heterocycles. The van der Waals surface area contributed by atoms with E-state index in [2.05, 4.69) is 47.5 Å². The maximum absolute atomic E-state index is 13.8. The molecule has 8 atom stereocenters. The second kappa shape index (κ2) is 25.6. The van der Waals surface area contributed by atoms with E-state index < -0.39 is 102 Å². The van der Waals surface area contributed by atoms with Crippen molar-refractivity contribution in [2.24, 2.45) is 29.0 Å². The maximum Gasteiger partial charge on any atom is 0.245 e. The minimum Gasteiger partial charge on any atom is -0.391 e. The van der Waals surface area contributed by atoms with Crippen molar-refractivity contribution in [2.75, 3.05) is 32.7 Å². The van der Waals surface area contributed by atoms with Crippen molar-refractivity contribution >= 4 is 58.6 Å². The zero-order valence-electron chi connectivity index (χ0n) is 33.6. The summed E-state index contributed by atoms with van der Waals surface area (Å²) < 4.78 is 0. The SMILES string of the molecule is CC[C@@H](Cc1cscn1)C(=O)NC1CCNC(=O)[C@H]([C@@H](C)O)NC(=O)[C@H](CCN)NC(=O)[C@H](CCN)NC(=O)[C@H](CC(C)C)NC(=O)CNC(=O)[C@H](CCN)NC1=O. The molecule has 1 aliphatic heterocycles. The van der Waals surface area contributed by atoms with Crippen LogP contribution in [0, 0.1) is 11.8 Å². The van der Waals surface area contributed by atoms with Gasteiger partial charge in [0.15, 0.2) is 0 Å². The van der Waals surface area contributed by atoms with E-state index in [1.165, 1.54) is 18.3 Å². The number of nitrogens with zero attached hydrogens (tertiary/aromatic N) is 1. The minimum atomic E-state index is -1.53. The van der Waals surface area contributed by atoms with Gasteiger partial charge >= 0.3 is 0 Å². The van der Waals surface area contributed by atoms with Gasteiger partial charge in [0.2, 0.25) is 47.3 Å². The molecule has 1 aliphatic rings. The van der Waals surface area contributed by atoms with Crippen LogP contribution in [0.15, 0.2) is 10.9 Å². The summed E-state index contributed by atoms with van der Waals surface area (Å²) >= 11 is 1.37. The topological polar surface area (TPSA) is 344 Å². The molecule has 2 heterocycles. The van der Waals surface area contributed by atoms with Crippen molar-refractivity contribution in [3.05, 3.63) is 16.6 Å². The Morgan fingerprint density at radius 1 is 0.793 bits per heavy atom. The molecular weight excluding hydrogens is 777 g/mol. The van der Waals surface area contributed by atoms with Crippen molar-refractivity contribution in [3.8, 4) is 0 Å². The Morgan fingerprint density at radius 3 is 1.86 bits per heavy atom. The third kappa shape index (κ3) is 16.6. The Labute approximate surface area is 342 Å². The summed E-state index contributed by atoms with van der Waals surface area (Å²) in [5.41, 5.74) is 19.6. The van der Waals surface area contributed by atoms with Gasteiger partial charge in [0, 0.05) is 24.3 Å². The Hall–Kier alpha value is -4.77. The van der Waals surface area contributed by atoms with Crippen LogP contribution in [0.25, 0.3) is 0 Å². The smallest absolute Gasteiger partial charge is 0.245 e. The highest BCUT2D eigenvalue weighted by Crippen LogP contribution is 2.14. The monoisotopic (exact) mass is 838 g/mol. The van der Waals surface area contributed by atoms with E-state index in [0.29, 0.717) is 18.5 Å². The highest BCUT2D eigenvalue weighted by atomic mass is 32.1. The number of nitrogens with one attached hydrogen (secondary N) is 8. The van der Waals surface area contributed by atoms with Crippen LogP contribution in [0.3, 0.4) is 0 Å². The van der Waals surface area contributed by atoms with E-state index in [4.69, 9.17) is 17.2 Å². The highest BCUT2D eigenvalue weighted by Gasteiger charge is 2.34.